The lowest BCUT2D eigenvalue weighted by atomic mass is 10.0. The fraction of sp³-hybridized carbons (Fsp3) is 0.118. The minimum absolute atomic E-state index is 0.167. The summed E-state index contributed by atoms with van der Waals surface area (Å²) >= 11 is 0. The van der Waals surface area contributed by atoms with Crippen molar-refractivity contribution in [2.75, 3.05) is 13.7 Å². The van der Waals surface area contributed by atoms with Gasteiger partial charge in [0.25, 0.3) is 5.91 Å². The van der Waals surface area contributed by atoms with Crippen LogP contribution in [0, 0.1) is 0 Å². The zero-order valence-electron chi connectivity index (χ0n) is 11.4. The molecule has 1 N–H and O–H groups in total. The SMILES string of the molecule is C=CCNC(=O)c1cc(-c2ccccc2)ccc1OC. The van der Waals surface area contributed by atoms with Gasteiger partial charge in [-0.3, -0.25) is 4.79 Å². The molecule has 0 heterocycles. The normalized spacial score (nSPS) is 9.85. The van der Waals surface area contributed by atoms with Crippen molar-refractivity contribution >= 4 is 5.91 Å². The van der Waals surface area contributed by atoms with E-state index in [1.54, 1.807) is 13.2 Å². The summed E-state index contributed by atoms with van der Waals surface area (Å²) in [6.45, 7) is 4.02. The summed E-state index contributed by atoms with van der Waals surface area (Å²) in [6, 6.07) is 15.5. The summed E-state index contributed by atoms with van der Waals surface area (Å²) in [5.41, 5.74) is 2.57. The van der Waals surface area contributed by atoms with E-state index in [9.17, 15) is 4.79 Å². The largest absolute Gasteiger partial charge is 0.496 e. The molecule has 0 atom stereocenters. The standard InChI is InChI=1S/C17H17NO2/c1-3-11-18-17(19)15-12-14(9-10-16(15)20-2)13-7-5-4-6-8-13/h3-10,12H,1,11H2,2H3,(H,18,19). The Kier molecular flexibility index (Phi) is 4.56. The average Bonchev–Trinajstić information content (AvgIpc) is 2.52. The maximum absolute atomic E-state index is 12.1. The van der Waals surface area contributed by atoms with Crippen molar-refractivity contribution in [2.45, 2.75) is 0 Å². The minimum Gasteiger partial charge on any atom is -0.496 e. The molecule has 0 aliphatic rings. The van der Waals surface area contributed by atoms with Crippen molar-refractivity contribution in [2.24, 2.45) is 0 Å². The maximum atomic E-state index is 12.1. The molecule has 0 saturated heterocycles. The summed E-state index contributed by atoms with van der Waals surface area (Å²) in [5.74, 6) is 0.394. The summed E-state index contributed by atoms with van der Waals surface area (Å²) in [6.07, 6.45) is 1.64. The number of methoxy groups -OCH3 is 1. The number of hydrogen-bond acceptors (Lipinski definition) is 2. The predicted molar refractivity (Wildman–Crippen MR) is 81.0 cm³/mol. The number of hydrogen-bond donors (Lipinski definition) is 1. The Morgan fingerprint density at radius 3 is 2.60 bits per heavy atom. The van der Waals surface area contributed by atoms with Crippen molar-refractivity contribution in [1.82, 2.24) is 5.32 Å². The third-order valence-electron chi connectivity index (χ3n) is 2.96. The third kappa shape index (κ3) is 3.06. The quantitative estimate of drug-likeness (QED) is 0.844. The highest BCUT2D eigenvalue weighted by molar-refractivity contribution is 5.98. The fourth-order valence-corrected chi connectivity index (χ4v) is 1.96. The highest BCUT2D eigenvalue weighted by Crippen LogP contribution is 2.26. The van der Waals surface area contributed by atoms with Gasteiger partial charge in [-0.05, 0) is 23.3 Å². The molecule has 2 rings (SSSR count). The Hall–Kier alpha value is -2.55. The molecule has 0 unspecified atom stereocenters. The van der Waals surface area contributed by atoms with Crippen LogP contribution in [0.4, 0.5) is 0 Å². The molecule has 0 saturated carbocycles. The van der Waals surface area contributed by atoms with Gasteiger partial charge in [0.2, 0.25) is 0 Å². The van der Waals surface area contributed by atoms with Crippen molar-refractivity contribution in [3.8, 4) is 16.9 Å². The number of nitrogens with one attached hydrogen (secondary N) is 1. The molecule has 3 nitrogen and oxygen atoms in total. The van der Waals surface area contributed by atoms with Crippen LogP contribution in [-0.2, 0) is 0 Å². The van der Waals surface area contributed by atoms with Gasteiger partial charge < -0.3 is 10.1 Å². The van der Waals surface area contributed by atoms with Crippen LogP contribution < -0.4 is 10.1 Å². The van der Waals surface area contributed by atoms with Gasteiger partial charge in [-0.15, -0.1) is 6.58 Å². The second-order valence-corrected chi connectivity index (χ2v) is 4.28. The Bertz CT molecular complexity index is 606. The molecule has 102 valence electrons. The highest BCUT2D eigenvalue weighted by Gasteiger charge is 2.12. The second kappa shape index (κ2) is 6.57. The van der Waals surface area contributed by atoms with Gasteiger partial charge in [0, 0.05) is 6.54 Å². The van der Waals surface area contributed by atoms with Crippen LogP contribution in [0.5, 0.6) is 5.75 Å². The maximum Gasteiger partial charge on any atom is 0.255 e. The summed E-state index contributed by atoms with van der Waals surface area (Å²) in [5, 5.41) is 2.77. The summed E-state index contributed by atoms with van der Waals surface area (Å²) in [4.78, 5) is 12.1. The first-order valence-electron chi connectivity index (χ1n) is 6.39. The first-order valence-corrected chi connectivity index (χ1v) is 6.39. The van der Waals surface area contributed by atoms with Crippen molar-refractivity contribution in [3.63, 3.8) is 0 Å². The lowest BCUT2D eigenvalue weighted by Crippen LogP contribution is -2.23. The summed E-state index contributed by atoms with van der Waals surface area (Å²) in [7, 11) is 1.56. The van der Waals surface area contributed by atoms with E-state index < -0.39 is 0 Å². The number of rotatable bonds is 5. The first kappa shape index (κ1) is 13.9. The molecular formula is C17H17NO2. The Labute approximate surface area is 118 Å². The van der Waals surface area contributed by atoms with Gasteiger partial charge in [0.15, 0.2) is 0 Å². The molecule has 20 heavy (non-hydrogen) atoms. The van der Waals surface area contributed by atoms with Crippen LogP contribution in [-0.4, -0.2) is 19.6 Å². The fourth-order valence-electron chi connectivity index (χ4n) is 1.96. The van der Waals surface area contributed by atoms with E-state index in [-0.39, 0.29) is 5.91 Å². The topological polar surface area (TPSA) is 38.3 Å². The molecular weight excluding hydrogens is 250 g/mol. The number of ether oxygens (including phenoxy) is 1. The molecule has 0 radical (unpaired) electrons. The van der Waals surface area contributed by atoms with Crippen molar-refractivity contribution < 1.29 is 9.53 Å². The lowest BCUT2D eigenvalue weighted by Gasteiger charge is -2.10. The molecule has 0 bridgehead atoms. The molecule has 0 fully saturated rings. The Morgan fingerprint density at radius 1 is 1.20 bits per heavy atom. The van der Waals surface area contributed by atoms with Gasteiger partial charge in [-0.25, -0.2) is 0 Å². The molecule has 3 heteroatoms. The Morgan fingerprint density at radius 2 is 1.95 bits per heavy atom. The van der Waals surface area contributed by atoms with Crippen LogP contribution in [0.25, 0.3) is 11.1 Å². The second-order valence-electron chi connectivity index (χ2n) is 4.28. The van der Waals surface area contributed by atoms with Gasteiger partial charge in [-0.2, -0.15) is 0 Å². The summed E-state index contributed by atoms with van der Waals surface area (Å²) < 4.78 is 5.25. The molecule has 1 amide bonds. The molecule has 0 aliphatic carbocycles. The molecule has 0 aliphatic heterocycles. The number of carbonyl (C=O) groups is 1. The smallest absolute Gasteiger partial charge is 0.255 e. The van der Waals surface area contributed by atoms with E-state index in [0.29, 0.717) is 17.9 Å². The van der Waals surface area contributed by atoms with Gasteiger partial charge in [0.05, 0.1) is 12.7 Å². The van der Waals surface area contributed by atoms with Crippen LogP contribution in [0.3, 0.4) is 0 Å². The zero-order chi connectivity index (χ0) is 14.4. The third-order valence-corrected chi connectivity index (χ3v) is 2.96. The molecule has 0 spiro atoms. The van der Waals surface area contributed by atoms with E-state index in [0.717, 1.165) is 11.1 Å². The van der Waals surface area contributed by atoms with E-state index in [4.69, 9.17) is 4.74 Å². The van der Waals surface area contributed by atoms with Crippen molar-refractivity contribution in [3.05, 3.63) is 66.7 Å². The van der Waals surface area contributed by atoms with E-state index in [1.165, 1.54) is 0 Å². The highest BCUT2D eigenvalue weighted by atomic mass is 16.5. The average molecular weight is 267 g/mol. The monoisotopic (exact) mass is 267 g/mol. The molecule has 0 aromatic heterocycles. The van der Waals surface area contributed by atoms with E-state index in [1.807, 2.05) is 48.5 Å². The minimum atomic E-state index is -0.167. The molecule has 2 aromatic rings. The van der Waals surface area contributed by atoms with Crippen molar-refractivity contribution in [1.29, 1.82) is 0 Å². The van der Waals surface area contributed by atoms with Crippen LogP contribution in [0.1, 0.15) is 10.4 Å². The van der Waals surface area contributed by atoms with Gasteiger partial charge in [0.1, 0.15) is 5.75 Å². The number of amides is 1. The van der Waals surface area contributed by atoms with Crippen LogP contribution in [0.15, 0.2) is 61.2 Å². The predicted octanol–water partition coefficient (Wildman–Crippen LogP) is 3.28. The number of benzene rings is 2. The zero-order valence-corrected chi connectivity index (χ0v) is 11.4. The van der Waals surface area contributed by atoms with E-state index in [2.05, 4.69) is 11.9 Å². The van der Waals surface area contributed by atoms with Gasteiger partial charge in [-0.1, -0.05) is 42.5 Å². The van der Waals surface area contributed by atoms with E-state index >= 15 is 0 Å². The van der Waals surface area contributed by atoms with Crippen LogP contribution in [0.2, 0.25) is 0 Å². The first-order chi connectivity index (χ1) is 9.76. The molecule has 2 aromatic carbocycles. The lowest BCUT2D eigenvalue weighted by molar-refractivity contribution is 0.0955. The Balaban J connectivity index is 2.39. The number of carbonyl (C=O) groups excluding carboxylic acids is 1. The van der Waals surface area contributed by atoms with Gasteiger partial charge >= 0.3 is 0 Å². The van der Waals surface area contributed by atoms with Crippen LogP contribution >= 0.6 is 0 Å².